The Kier molecular flexibility index (Phi) is 32.3. The number of alkyl halides is 15. The normalized spacial score (nSPS) is 17.1. The van der Waals surface area contributed by atoms with Gasteiger partial charge in [-0.25, -0.2) is 0 Å². The third kappa shape index (κ3) is 20.4. The second-order valence-electron chi connectivity index (χ2n) is 21.3. The van der Waals surface area contributed by atoms with Crippen LogP contribution in [0.15, 0.2) is 35.2 Å². The van der Waals surface area contributed by atoms with Crippen molar-refractivity contribution >= 4 is 52.5 Å². The average molecular weight is 1370 g/mol. The Hall–Kier alpha value is -4.79. The highest BCUT2D eigenvalue weighted by atomic mass is 32.2. The average Bonchev–Trinajstić information content (AvgIpc) is 0.712. The number of carboxylic acid groups (broad SMARTS) is 1. The molecule has 1 amide bonds. The lowest BCUT2D eigenvalue weighted by molar-refractivity contribution is -0.451. The van der Waals surface area contributed by atoms with Gasteiger partial charge in [0.15, 0.2) is 11.6 Å². The number of nitrogens with one attached hydrogen (secondary N) is 2. The third-order valence-electron chi connectivity index (χ3n) is 15.1. The van der Waals surface area contributed by atoms with Gasteiger partial charge >= 0.3 is 55.3 Å². The standard InChI is InChI=1S/C26H29N3O8S.C16H36NO3P.C8H4F15N.C6H15N/c1-12(13(2)26(33)34)25(32)29-15-9-7-14(8-10-15)28-18-11-19(38(35,36)37)22(27)21-20(18)23(30)16-5-3-4-6-17(16)24(21)31;1-4-7-8-9-10-11-12-13-14-15-16(17)21(18,19-5-2)20-6-3;9-2(10,1-24)3(11,12)4(13,14)5(15,16)6(17,18)7(19,20)8(21,22)23;1-4-7(5-2)6-3/h3-6,11-15,28H,7-10,27H2,1-2H3,(H,29,32)(H,33,34)(H,35,36,37);16H,4-15,17H2,1-3H3;1,24H2;4-6H2,1-3H3/t12-,13-,14?,15?;;;/m1.../s1. The second-order valence-corrected chi connectivity index (χ2v) is 25.0. The Morgan fingerprint density at radius 3 is 1.47 bits per heavy atom. The van der Waals surface area contributed by atoms with Crippen LogP contribution in [0.3, 0.4) is 0 Å². The number of nitrogens with zero attached hydrogens (tertiary/aromatic N) is 1. The molecule has 2 aliphatic rings. The number of amides is 1. The first kappa shape index (κ1) is 83.2. The van der Waals surface area contributed by atoms with Gasteiger partial charge in [0.1, 0.15) is 10.7 Å². The summed E-state index contributed by atoms with van der Waals surface area (Å²) in [7, 11) is -7.92. The Labute approximate surface area is 514 Å². The van der Waals surface area contributed by atoms with E-state index in [-0.39, 0.29) is 45.9 Å². The van der Waals surface area contributed by atoms with Gasteiger partial charge in [0.2, 0.25) is 5.91 Å². The van der Waals surface area contributed by atoms with E-state index in [4.69, 9.17) is 25.6 Å². The van der Waals surface area contributed by atoms with Crippen LogP contribution >= 0.6 is 7.60 Å². The highest BCUT2D eigenvalue weighted by Gasteiger charge is 2.93. The zero-order chi connectivity index (χ0) is 69.8. The van der Waals surface area contributed by atoms with Crippen molar-refractivity contribution in [3.05, 3.63) is 52.6 Å². The molecule has 0 heterocycles. The number of nitrogens with two attached hydrogens (primary N) is 3. The summed E-state index contributed by atoms with van der Waals surface area (Å²) >= 11 is 0. The van der Waals surface area contributed by atoms with E-state index >= 15 is 0 Å². The first-order chi connectivity index (χ1) is 41.3. The summed E-state index contributed by atoms with van der Waals surface area (Å²) in [4.78, 5) is 52.1. The molecule has 34 heteroatoms. The predicted molar refractivity (Wildman–Crippen MR) is 307 cm³/mol. The van der Waals surface area contributed by atoms with Crippen molar-refractivity contribution in [3.63, 3.8) is 0 Å². The molecule has 4 rings (SSSR count). The predicted octanol–water partition coefficient (Wildman–Crippen LogP) is 13.6. The minimum Gasteiger partial charge on any atom is -0.481 e. The highest BCUT2D eigenvalue weighted by molar-refractivity contribution is 7.86. The van der Waals surface area contributed by atoms with E-state index in [1.807, 2.05) is 13.8 Å². The third-order valence-corrected chi connectivity index (χ3v) is 18.3. The van der Waals surface area contributed by atoms with Gasteiger partial charge in [-0.05, 0) is 71.7 Å². The SMILES string of the molecule is CCCCCCCCCCCC(N)P(=O)(OCC)OCC.CCN(CC)CC.C[C@@H](C(=O)O)[C@@H](C)C(=O)NC1CCC(Nc2cc(S(=O)(=O)O)c(N)c3c2C(=O)c2ccccc2C3=O)CC1.NCC(F)(F)C(F)(F)C(F)(F)C(F)(F)C(F)(F)C(F)(F)C(F)(F)F. The largest absolute Gasteiger partial charge is 0.481 e. The fourth-order valence-corrected chi connectivity index (χ4v) is 11.5. The number of rotatable bonds is 31. The van der Waals surface area contributed by atoms with Crippen LogP contribution in [-0.4, -0.2) is 145 Å². The number of carboxylic acids is 1. The molecule has 0 saturated heterocycles. The molecule has 2 aromatic carbocycles. The quantitative estimate of drug-likeness (QED) is 0.0104. The molecule has 0 radical (unpaired) electrons. The summed E-state index contributed by atoms with van der Waals surface area (Å²) in [6, 6.07) is 6.83. The number of anilines is 2. The summed E-state index contributed by atoms with van der Waals surface area (Å²) in [5, 5.41) is 15.2. The Morgan fingerprint density at radius 2 is 1.08 bits per heavy atom. The van der Waals surface area contributed by atoms with E-state index < -0.39 is 112 Å². The molecule has 0 spiro atoms. The molecular formula is C56H84F15N6O11PS. The molecule has 1 unspecified atom stereocenters. The van der Waals surface area contributed by atoms with Crippen LogP contribution in [0.5, 0.6) is 0 Å². The summed E-state index contributed by atoms with van der Waals surface area (Å²) in [5.74, 6) is -50.8. The Morgan fingerprint density at radius 1 is 0.667 bits per heavy atom. The number of fused-ring (bicyclic) bond motifs is 2. The molecule has 90 heavy (non-hydrogen) atoms. The van der Waals surface area contributed by atoms with Gasteiger partial charge in [-0.1, -0.05) is 124 Å². The number of hydrogen-bond donors (Lipinski definition) is 7. The van der Waals surface area contributed by atoms with Crippen molar-refractivity contribution in [2.45, 2.75) is 210 Å². The van der Waals surface area contributed by atoms with E-state index in [9.17, 15) is 103 Å². The maximum absolute atomic E-state index is 13.4. The number of nitrogen functional groups attached to an aromatic ring is 1. The number of ketones is 2. The molecule has 2 aromatic rings. The van der Waals surface area contributed by atoms with Gasteiger partial charge in [-0.2, -0.15) is 74.3 Å². The topological polar surface area (TPSA) is 284 Å². The Balaban J connectivity index is 0.000000675. The van der Waals surface area contributed by atoms with Crippen molar-refractivity contribution in [1.82, 2.24) is 10.2 Å². The summed E-state index contributed by atoms with van der Waals surface area (Å²) in [6.45, 7) is 17.0. The van der Waals surface area contributed by atoms with Gasteiger partial charge < -0.3 is 46.9 Å². The molecule has 3 atom stereocenters. The number of hydrogen-bond acceptors (Lipinski definition) is 14. The number of carbonyl (C=O) groups is 4. The van der Waals surface area contributed by atoms with Crippen LogP contribution < -0.4 is 27.8 Å². The second kappa shape index (κ2) is 34.9. The molecule has 520 valence electrons. The first-order valence-electron chi connectivity index (χ1n) is 29.1. The van der Waals surface area contributed by atoms with E-state index in [0.717, 1.165) is 18.9 Å². The van der Waals surface area contributed by atoms with E-state index in [1.54, 1.807) is 19.1 Å². The van der Waals surface area contributed by atoms with Crippen molar-refractivity contribution in [2.24, 2.45) is 23.3 Å². The summed E-state index contributed by atoms with van der Waals surface area (Å²) in [6.07, 6.45) is 6.71. The highest BCUT2D eigenvalue weighted by Crippen LogP contribution is 2.62. The lowest BCUT2D eigenvalue weighted by Gasteiger charge is -2.41. The maximum Gasteiger partial charge on any atom is 0.460 e. The first-order valence-corrected chi connectivity index (χ1v) is 32.2. The molecule has 0 aliphatic heterocycles. The zero-order valence-corrected chi connectivity index (χ0v) is 52.9. The van der Waals surface area contributed by atoms with Crippen molar-refractivity contribution in [1.29, 1.82) is 0 Å². The van der Waals surface area contributed by atoms with Gasteiger partial charge in [0.05, 0.1) is 42.5 Å². The number of carbonyl (C=O) groups excluding carboxylic acids is 3. The fourth-order valence-electron chi connectivity index (χ4n) is 9.21. The number of halogens is 15. The van der Waals surface area contributed by atoms with Gasteiger partial charge in [0.25, 0.3) is 10.1 Å². The monoisotopic (exact) mass is 1360 g/mol. The smallest absolute Gasteiger partial charge is 0.460 e. The number of unbranched alkanes of at least 4 members (excludes halogenated alkanes) is 8. The summed E-state index contributed by atoms with van der Waals surface area (Å²) < 4.78 is 244. The van der Waals surface area contributed by atoms with Crippen molar-refractivity contribution in [2.75, 3.05) is 50.4 Å². The zero-order valence-electron chi connectivity index (χ0n) is 51.2. The molecule has 2 aliphatic carbocycles. The van der Waals surface area contributed by atoms with Gasteiger partial charge in [0, 0.05) is 34.8 Å². The minimum absolute atomic E-state index is 0.0505. The fraction of sp³-hybridized carbons (Fsp3) is 0.714. The van der Waals surface area contributed by atoms with E-state index in [0.29, 0.717) is 45.3 Å². The Bertz CT molecular complexity index is 2800. The molecule has 1 saturated carbocycles. The van der Waals surface area contributed by atoms with Crippen LogP contribution in [0, 0.1) is 11.8 Å². The lowest BCUT2D eigenvalue weighted by Crippen LogP contribution is -2.73. The molecule has 0 bridgehead atoms. The van der Waals surface area contributed by atoms with E-state index in [1.165, 1.54) is 83.6 Å². The lowest BCUT2D eigenvalue weighted by atomic mass is 9.82. The van der Waals surface area contributed by atoms with Crippen LogP contribution in [0.2, 0.25) is 0 Å². The van der Waals surface area contributed by atoms with E-state index in [2.05, 4.69) is 49.0 Å². The van der Waals surface area contributed by atoms with Crippen LogP contribution in [0.1, 0.15) is 177 Å². The van der Waals surface area contributed by atoms with Crippen LogP contribution in [0.25, 0.3) is 0 Å². The van der Waals surface area contributed by atoms with Crippen molar-refractivity contribution < 1.29 is 117 Å². The number of aliphatic carboxylic acids is 1. The van der Waals surface area contributed by atoms with Crippen LogP contribution in [0.4, 0.5) is 77.2 Å². The van der Waals surface area contributed by atoms with Crippen LogP contribution in [-0.2, 0) is 33.3 Å². The summed E-state index contributed by atoms with van der Waals surface area (Å²) in [5.41, 5.74) is 15.4. The van der Waals surface area contributed by atoms with Gasteiger partial charge in [-0.15, -0.1) is 0 Å². The number of benzene rings is 2. The molecule has 0 aromatic heterocycles. The molecule has 1 fully saturated rings. The molecule has 17 nitrogen and oxygen atoms in total. The molecule has 10 N–H and O–H groups in total. The minimum atomic E-state index is -8.25. The maximum atomic E-state index is 13.4. The van der Waals surface area contributed by atoms with Gasteiger partial charge in [-0.3, -0.25) is 28.3 Å². The molecular weight excluding hydrogens is 1280 g/mol. The van der Waals surface area contributed by atoms with Crippen molar-refractivity contribution in [3.8, 4) is 0 Å².